The molecule has 0 rings (SSSR count). The van der Waals surface area contributed by atoms with Crippen LogP contribution in [0.1, 0.15) is 59.3 Å². The number of amides is 2. The number of rotatable bonds is 11. The molecule has 1 N–H and O–H groups in total. The molecule has 0 aliphatic rings. The van der Waals surface area contributed by atoms with Crippen LogP contribution >= 0.6 is 0 Å². The average Bonchev–Trinajstić information content (AvgIpc) is 2.51. The lowest BCUT2D eigenvalue weighted by Gasteiger charge is -2.16. The lowest BCUT2D eigenvalue weighted by Crippen LogP contribution is -2.29. The van der Waals surface area contributed by atoms with Gasteiger partial charge in [-0.1, -0.05) is 30.7 Å². The van der Waals surface area contributed by atoms with Crippen molar-refractivity contribution in [3.63, 3.8) is 0 Å². The molecule has 4 nitrogen and oxygen atoms in total. The van der Waals surface area contributed by atoms with Crippen molar-refractivity contribution < 1.29 is 9.59 Å². The summed E-state index contributed by atoms with van der Waals surface area (Å²) in [7, 11) is 1.84. The smallest absolute Gasteiger partial charge is 0.222 e. The Bertz CT molecular complexity index is 387. The fourth-order valence-electron chi connectivity index (χ4n) is 2.12. The standard InChI is InChI=1S/C18H32N2O2/c1-5-10-16(7-3)12-13-17(21)19-14-8-9-15-20(4)18(22)11-6-2/h5,7,10H,6,8-9,11-15H2,1-4H3,(H,19,21). The Labute approximate surface area is 135 Å². The van der Waals surface area contributed by atoms with Crippen LogP contribution in [-0.2, 0) is 9.59 Å². The summed E-state index contributed by atoms with van der Waals surface area (Å²) in [5.41, 5.74) is 1.19. The molecule has 0 aliphatic carbocycles. The summed E-state index contributed by atoms with van der Waals surface area (Å²) in [6, 6.07) is 0. The first kappa shape index (κ1) is 20.4. The Morgan fingerprint density at radius 3 is 2.41 bits per heavy atom. The molecule has 0 bridgehead atoms. The highest BCUT2D eigenvalue weighted by atomic mass is 16.2. The first-order chi connectivity index (χ1) is 10.5. The zero-order valence-corrected chi connectivity index (χ0v) is 14.7. The Morgan fingerprint density at radius 1 is 1.09 bits per heavy atom. The minimum absolute atomic E-state index is 0.0965. The number of carbonyl (C=O) groups is 2. The van der Waals surface area contributed by atoms with Gasteiger partial charge in [0.15, 0.2) is 0 Å². The zero-order valence-electron chi connectivity index (χ0n) is 14.7. The van der Waals surface area contributed by atoms with Gasteiger partial charge >= 0.3 is 0 Å². The molecule has 0 heterocycles. The first-order valence-corrected chi connectivity index (χ1v) is 8.33. The number of allylic oxidation sites excluding steroid dienone is 4. The fourth-order valence-corrected chi connectivity index (χ4v) is 2.12. The Morgan fingerprint density at radius 2 is 1.82 bits per heavy atom. The van der Waals surface area contributed by atoms with Gasteiger partial charge in [-0.3, -0.25) is 9.59 Å². The van der Waals surface area contributed by atoms with Gasteiger partial charge in [-0.15, -0.1) is 0 Å². The highest BCUT2D eigenvalue weighted by molar-refractivity contribution is 5.76. The number of unbranched alkanes of at least 4 members (excludes halogenated alkanes) is 1. The molecule has 0 unspecified atom stereocenters. The molecule has 0 aromatic rings. The van der Waals surface area contributed by atoms with Crippen molar-refractivity contribution in [3.05, 3.63) is 23.8 Å². The second kappa shape index (κ2) is 13.1. The zero-order chi connectivity index (χ0) is 16.8. The Hall–Kier alpha value is -1.58. The van der Waals surface area contributed by atoms with Crippen LogP contribution in [0.25, 0.3) is 0 Å². The van der Waals surface area contributed by atoms with Crippen molar-refractivity contribution in [3.8, 4) is 0 Å². The summed E-state index contributed by atoms with van der Waals surface area (Å²) < 4.78 is 0. The van der Waals surface area contributed by atoms with Crippen molar-refractivity contribution in [1.29, 1.82) is 0 Å². The number of hydrogen-bond acceptors (Lipinski definition) is 2. The van der Waals surface area contributed by atoms with Crippen LogP contribution in [-0.4, -0.2) is 36.9 Å². The largest absolute Gasteiger partial charge is 0.356 e. The van der Waals surface area contributed by atoms with Crippen molar-refractivity contribution in [1.82, 2.24) is 10.2 Å². The maximum absolute atomic E-state index is 11.7. The van der Waals surface area contributed by atoms with Gasteiger partial charge in [0.05, 0.1) is 0 Å². The highest BCUT2D eigenvalue weighted by Gasteiger charge is 2.06. The fraction of sp³-hybridized carbons (Fsp3) is 0.667. The minimum Gasteiger partial charge on any atom is -0.356 e. The second-order valence-electron chi connectivity index (χ2n) is 5.49. The van der Waals surface area contributed by atoms with Gasteiger partial charge in [-0.05, 0) is 39.5 Å². The molecule has 126 valence electrons. The molecule has 0 saturated carbocycles. The maximum atomic E-state index is 11.7. The monoisotopic (exact) mass is 308 g/mol. The van der Waals surface area contributed by atoms with E-state index >= 15 is 0 Å². The van der Waals surface area contributed by atoms with E-state index in [0.29, 0.717) is 19.4 Å². The molecule has 2 amide bonds. The van der Waals surface area contributed by atoms with Crippen molar-refractivity contribution in [2.45, 2.75) is 59.3 Å². The summed E-state index contributed by atoms with van der Waals surface area (Å²) in [5, 5.41) is 2.94. The van der Waals surface area contributed by atoms with E-state index in [2.05, 4.69) is 5.32 Å². The summed E-state index contributed by atoms with van der Waals surface area (Å²) in [6.45, 7) is 7.42. The van der Waals surface area contributed by atoms with Crippen molar-refractivity contribution in [2.24, 2.45) is 0 Å². The van der Waals surface area contributed by atoms with E-state index in [9.17, 15) is 9.59 Å². The highest BCUT2D eigenvalue weighted by Crippen LogP contribution is 2.06. The van der Waals surface area contributed by atoms with Gasteiger partial charge in [0.25, 0.3) is 0 Å². The third kappa shape index (κ3) is 10.2. The Balaban J connectivity index is 3.71. The number of nitrogens with zero attached hydrogens (tertiary/aromatic N) is 1. The van der Waals surface area contributed by atoms with Gasteiger partial charge in [-0.2, -0.15) is 0 Å². The van der Waals surface area contributed by atoms with Crippen LogP contribution in [0, 0.1) is 0 Å². The summed E-state index contributed by atoms with van der Waals surface area (Å²) in [5.74, 6) is 0.300. The summed E-state index contributed by atoms with van der Waals surface area (Å²) in [6.07, 6.45) is 10.7. The van der Waals surface area contributed by atoms with Crippen molar-refractivity contribution in [2.75, 3.05) is 20.1 Å². The lowest BCUT2D eigenvalue weighted by molar-refractivity contribution is -0.130. The molecule has 4 heteroatoms. The summed E-state index contributed by atoms with van der Waals surface area (Å²) in [4.78, 5) is 25.1. The molecule has 0 fully saturated rings. The third-order valence-corrected chi connectivity index (χ3v) is 3.52. The number of nitrogens with one attached hydrogen (secondary N) is 1. The molecule has 0 aromatic carbocycles. The van der Waals surface area contributed by atoms with E-state index in [4.69, 9.17) is 0 Å². The average molecular weight is 308 g/mol. The van der Waals surface area contributed by atoms with E-state index in [1.54, 1.807) is 4.90 Å². The van der Waals surface area contributed by atoms with Gasteiger partial charge in [0, 0.05) is 33.0 Å². The molecule has 22 heavy (non-hydrogen) atoms. The maximum Gasteiger partial charge on any atom is 0.222 e. The molecule has 0 atom stereocenters. The number of hydrogen-bond donors (Lipinski definition) is 1. The van der Waals surface area contributed by atoms with Gasteiger partial charge in [0.1, 0.15) is 0 Å². The van der Waals surface area contributed by atoms with Crippen LogP contribution in [0.3, 0.4) is 0 Å². The van der Waals surface area contributed by atoms with Crippen LogP contribution in [0.4, 0.5) is 0 Å². The predicted octanol–water partition coefficient (Wildman–Crippen LogP) is 3.44. The van der Waals surface area contributed by atoms with Crippen LogP contribution < -0.4 is 5.32 Å². The van der Waals surface area contributed by atoms with E-state index in [1.807, 2.05) is 46.0 Å². The molecule has 0 aliphatic heterocycles. The van der Waals surface area contributed by atoms with E-state index in [-0.39, 0.29) is 11.8 Å². The van der Waals surface area contributed by atoms with Gasteiger partial charge in [-0.25, -0.2) is 0 Å². The van der Waals surface area contributed by atoms with Gasteiger partial charge < -0.3 is 10.2 Å². The van der Waals surface area contributed by atoms with Crippen LogP contribution in [0.15, 0.2) is 23.8 Å². The molecular formula is C18H32N2O2. The minimum atomic E-state index is 0.0965. The quantitative estimate of drug-likeness (QED) is 0.469. The topological polar surface area (TPSA) is 49.4 Å². The van der Waals surface area contributed by atoms with E-state index in [1.165, 1.54) is 5.57 Å². The molecule has 0 spiro atoms. The van der Waals surface area contributed by atoms with Crippen molar-refractivity contribution >= 4 is 11.8 Å². The second-order valence-corrected chi connectivity index (χ2v) is 5.49. The normalized spacial score (nSPS) is 11.7. The van der Waals surface area contributed by atoms with E-state index in [0.717, 1.165) is 32.2 Å². The molecule has 0 radical (unpaired) electrons. The predicted molar refractivity (Wildman–Crippen MR) is 92.6 cm³/mol. The summed E-state index contributed by atoms with van der Waals surface area (Å²) >= 11 is 0. The molecule has 0 aromatic heterocycles. The molecule has 0 saturated heterocycles. The Kier molecular flexibility index (Phi) is 12.2. The van der Waals surface area contributed by atoms with Crippen LogP contribution in [0.2, 0.25) is 0 Å². The van der Waals surface area contributed by atoms with E-state index < -0.39 is 0 Å². The molecular weight excluding hydrogens is 276 g/mol. The number of carbonyl (C=O) groups excluding carboxylic acids is 2. The van der Waals surface area contributed by atoms with Gasteiger partial charge in [0.2, 0.25) is 11.8 Å². The van der Waals surface area contributed by atoms with Crippen LogP contribution in [0.5, 0.6) is 0 Å². The first-order valence-electron chi connectivity index (χ1n) is 8.33. The lowest BCUT2D eigenvalue weighted by atomic mass is 10.1. The SMILES string of the molecule is CC=CC(=CC)CCC(=O)NCCCCN(C)C(=O)CCC. The third-order valence-electron chi connectivity index (χ3n) is 3.52.